The van der Waals surface area contributed by atoms with E-state index in [1.165, 1.54) is 30.3 Å². The second kappa shape index (κ2) is 8.27. The van der Waals surface area contributed by atoms with Gasteiger partial charge in [-0.3, -0.25) is 19.5 Å². The number of benzene rings is 2. The molecule has 7 nitrogen and oxygen atoms in total. The number of nitrogens with zero attached hydrogens (tertiary/aromatic N) is 1. The lowest BCUT2D eigenvalue weighted by Gasteiger charge is -2.18. The highest BCUT2D eigenvalue weighted by atomic mass is 35.5. The van der Waals surface area contributed by atoms with E-state index in [4.69, 9.17) is 16.7 Å². The van der Waals surface area contributed by atoms with E-state index >= 15 is 0 Å². The van der Waals surface area contributed by atoms with E-state index in [2.05, 4.69) is 10.4 Å². The van der Waals surface area contributed by atoms with Crippen molar-refractivity contribution in [2.75, 3.05) is 0 Å². The van der Waals surface area contributed by atoms with E-state index < -0.39 is 41.5 Å². The summed E-state index contributed by atoms with van der Waals surface area (Å²) in [6.07, 6.45) is -0.605. The molecule has 150 valence electrons. The fourth-order valence-corrected chi connectivity index (χ4v) is 2.91. The first kappa shape index (κ1) is 20.3. The maximum atomic E-state index is 14.3. The lowest BCUT2D eigenvalue weighted by molar-refractivity contribution is -0.137. The van der Waals surface area contributed by atoms with Crippen LogP contribution in [-0.4, -0.2) is 26.8 Å². The largest absolute Gasteiger partial charge is 0.481 e. The zero-order chi connectivity index (χ0) is 21.1. The number of carboxylic acid groups (broad SMARTS) is 1. The molecule has 3 rings (SSSR count). The van der Waals surface area contributed by atoms with Crippen LogP contribution in [0.3, 0.4) is 0 Å². The van der Waals surface area contributed by atoms with Gasteiger partial charge in [0, 0.05) is 11.6 Å². The maximum Gasteiger partial charge on any atom is 0.305 e. The molecule has 0 bridgehead atoms. The van der Waals surface area contributed by atoms with Gasteiger partial charge in [-0.15, -0.1) is 0 Å². The highest BCUT2D eigenvalue weighted by Crippen LogP contribution is 2.25. The van der Waals surface area contributed by atoms with Gasteiger partial charge in [-0.1, -0.05) is 23.7 Å². The molecule has 29 heavy (non-hydrogen) atoms. The number of amides is 1. The monoisotopic (exact) mass is 421 g/mol. The van der Waals surface area contributed by atoms with Gasteiger partial charge in [-0.05, 0) is 30.3 Å². The number of nitrogens with one attached hydrogen (secondary N) is 2. The van der Waals surface area contributed by atoms with Crippen LogP contribution in [0.2, 0.25) is 5.02 Å². The van der Waals surface area contributed by atoms with Crippen LogP contribution in [-0.2, 0) is 4.79 Å². The molecule has 2 aromatic carbocycles. The van der Waals surface area contributed by atoms with Gasteiger partial charge >= 0.3 is 5.97 Å². The molecule has 0 spiro atoms. The molecule has 0 saturated heterocycles. The van der Waals surface area contributed by atoms with Gasteiger partial charge < -0.3 is 10.4 Å². The van der Waals surface area contributed by atoms with Crippen molar-refractivity contribution in [2.45, 2.75) is 12.5 Å². The number of carboxylic acids is 1. The Labute approximate surface area is 167 Å². The topological polar surface area (TPSA) is 104 Å². The van der Waals surface area contributed by atoms with Crippen molar-refractivity contribution in [1.29, 1.82) is 0 Å². The standard InChI is InChI=1S/C19H14ClF2N3O4/c20-13-3-1-2-12(18(13)22)14(9-17(27)28)23-19(29)15-8-16(26)25(24-15)11-6-4-10(21)5-7-11/h1-8,14,24H,9H2,(H,23,29)(H,27,28). The number of H-pyrrole nitrogens is 1. The van der Waals surface area contributed by atoms with Crippen LogP contribution in [0.25, 0.3) is 5.69 Å². The van der Waals surface area contributed by atoms with E-state index in [9.17, 15) is 23.2 Å². The molecule has 0 aliphatic carbocycles. The number of hydrogen-bond donors (Lipinski definition) is 3. The molecule has 1 amide bonds. The normalized spacial score (nSPS) is 11.8. The number of aromatic nitrogens is 2. The summed E-state index contributed by atoms with van der Waals surface area (Å²) in [5, 5.41) is 13.8. The SMILES string of the molecule is O=C(O)CC(NC(=O)c1cc(=O)n(-c2ccc(F)cc2)[nH]1)c1cccc(Cl)c1F. The van der Waals surface area contributed by atoms with Gasteiger partial charge in [0.05, 0.1) is 23.2 Å². The molecule has 3 N–H and O–H groups in total. The molecule has 0 radical (unpaired) electrons. The van der Waals surface area contributed by atoms with Crippen molar-refractivity contribution in [1.82, 2.24) is 15.1 Å². The first-order chi connectivity index (χ1) is 13.8. The minimum atomic E-state index is -1.27. The summed E-state index contributed by atoms with van der Waals surface area (Å²) >= 11 is 5.74. The summed E-state index contributed by atoms with van der Waals surface area (Å²) < 4.78 is 28.4. The lowest BCUT2D eigenvalue weighted by Crippen LogP contribution is -2.31. The van der Waals surface area contributed by atoms with Gasteiger partial charge in [-0.25, -0.2) is 13.5 Å². The van der Waals surface area contributed by atoms with Crippen LogP contribution in [0.4, 0.5) is 8.78 Å². The average molecular weight is 422 g/mol. The summed E-state index contributed by atoms with van der Waals surface area (Å²) in [4.78, 5) is 35.9. The number of rotatable bonds is 6. The molecule has 0 aliphatic heterocycles. The van der Waals surface area contributed by atoms with Crippen molar-refractivity contribution in [2.24, 2.45) is 0 Å². The smallest absolute Gasteiger partial charge is 0.305 e. The van der Waals surface area contributed by atoms with Gasteiger partial charge in [-0.2, -0.15) is 0 Å². The summed E-state index contributed by atoms with van der Waals surface area (Å²) in [6, 6.07) is 8.76. The molecular formula is C19H14ClF2N3O4. The highest BCUT2D eigenvalue weighted by molar-refractivity contribution is 6.30. The average Bonchev–Trinajstić information content (AvgIpc) is 3.05. The Morgan fingerprint density at radius 2 is 1.86 bits per heavy atom. The zero-order valence-electron chi connectivity index (χ0n) is 14.7. The highest BCUT2D eigenvalue weighted by Gasteiger charge is 2.24. The Hall–Kier alpha value is -3.46. The predicted molar refractivity (Wildman–Crippen MR) is 100 cm³/mol. The van der Waals surface area contributed by atoms with Crippen LogP contribution < -0.4 is 10.9 Å². The third-order valence-corrected chi connectivity index (χ3v) is 4.38. The summed E-state index contributed by atoms with van der Waals surface area (Å²) in [7, 11) is 0. The minimum absolute atomic E-state index is 0.103. The van der Waals surface area contributed by atoms with E-state index in [1.54, 1.807) is 0 Å². The Kier molecular flexibility index (Phi) is 5.79. The van der Waals surface area contributed by atoms with Gasteiger partial charge in [0.15, 0.2) is 0 Å². The molecule has 1 heterocycles. The van der Waals surface area contributed by atoms with Gasteiger partial charge in [0.25, 0.3) is 11.5 Å². The molecule has 0 saturated carbocycles. The van der Waals surface area contributed by atoms with E-state index in [-0.39, 0.29) is 16.3 Å². The summed E-state index contributed by atoms with van der Waals surface area (Å²) in [6.45, 7) is 0. The Morgan fingerprint density at radius 3 is 2.52 bits per heavy atom. The van der Waals surface area contributed by atoms with E-state index in [1.807, 2.05) is 0 Å². The number of halogens is 3. The quantitative estimate of drug-likeness (QED) is 0.569. The van der Waals surface area contributed by atoms with E-state index in [0.29, 0.717) is 5.69 Å². The van der Waals surface area contributed by atoms with Crippen molar-refractivity contribution in [3.05, 3.63) is 86.8 Å². The van der Waals surface area contributed by atoms with Gasteiger partial charge in [0.2, 0.25) is 0 Å². The van der Waals surface area contributed by atoms with Crippen LogP contribution in [0.1, 0.15) is 28.5 Å². The molecule has 10 heteroatoms. The maximum absolute atomic E-state index is 14.3. The number of carbonyl (C=O) groups is 2. The van der Waals surface area contributed by atoms with Gasteiger partial charge in [0.1, 0.15) is 17.3 Å². The second-order valence-corrected chi connectivity index (χ2v) is 6.49. The molecule has 0 aliphatic rings. The number of aliphatic carboxylic acids is 1. The summed E-state index contributed by atoms with van der Waals surface area (Å²) in [5.74, 6) is -3.44. The van der Waals surface area contributed by atoms with Crippen molar-refractivity contribution in [3.8, 4) is 5.69 Å². The van der Waals surface area contributed by atoms with Crippen LogP contribution in [0, 0.1) is 11.6 Å². The Morgan fingerprint density at radius 1 is 1.17 bits per heavy atom. The van der Waals surface area contributed by atoms with Crippen LogP contribution in [0.15, 0.2) is 53.3 Å². The third-order valence-electron chi connectivity index (χ3n) is 4.09. The molecule has 0 fully saturated rings. The molecular weight excluding hydrogens is 408 g/mol. The fourth-order valence-electron chi connectivity index (χ4n) is 2.73. The molecule has 1 aromatic heterocycles. The zero-order valence-corrected chi connectivity index (χ0v) is 15.4. The van der Waals surface area contributed by atoms with Crippen molar-refractivity contribution in [3.63, 3.8) is 0 Å². The first-order valence-corrected chi connectivity index (χ1v) is 8.68. The predicted octanol–water partition coefficient (Wildman–Crippen LogP) is 3.04. The number of carbonyl (C=O) groups excluding carboxylic acids is 1. The first-order valence-electron chi connectivity index (χ1n) is 8.31. The van der Waals surface area contributed by atoms with Crippen LogP contribution >= 0.6 is 11.6 Å². The molecule has 1 unspecified atom stereocenters. The Bertz CT molecular complexity index is 1130. The number of hydrogen-bond acceptors (Lipinski definition) is 3. The lowest BCUT2D eigenvalue weighted by atomic mass is 10.0. The van der Waals surface area contributed by atoms with E-state index in [0.717, 1.165) is 22.9 Å². The minimum Gasteiger partial charge on any atom is -0.481 e. The Balaban J connectivity index is 1.89. The second-order valence-electron chi connectivity index (χ2n) is 6.09. The van der Waals surface area contributed by atoms with Crippen molar-refractivity contribution < 1.29 is 23.5 Å². The number of aromatic amines is 1. The van der Waals surface area contributed by atoms with Crippen molar-refractivity contribution >= 4 is 23.5 Å². The fraction of sp³-hybridized carbons (Fsp3) is 0.105. The molecule has 3 aromatic rings. The third kappa shape index (κ3) is 4.52. The summed E-state index contributed by atoms with van der Waals surface area (Å²) in [5.41, 5.74) is -0.588. The van der Waals surface area contributed by atoms with Crippen LogP contribution in [0.5, 0.6) is 0 Å². The molecule has 1 atom stereocenters.